The Bertz CT molecular complexity index is 568. The summed E-state index contributed by atoms with van der Waals surface area (Å²) in [6.45, 7) is 6.85. The normalized spacial score (nSPS) is 18.9. The van der Waals surface area contributed by atoms with Crippen LogP contribution < -0.4 is 9.64 Å². The number of carbonyl (C=O) groups excluding carboxylic acids is 2. The largest absolute Gasteiger partial charge is 0.423 e. The number of benzene rings is 1. The fraction of sp³-hybridized carbons (Fsp3) is 0.500. The van der Waals surface area contributed by atoms with Gasteiger partial charge in [0.05, 0.1) is 12.2 Å². The molecule has 0 N–H and O–H groups in total. The topological polar surface area (TPSA) is 53.1 Å². The number of piperazine rings is 1. The molecule has 3 rings (SSSR count). The second-order valence-electron chi connectivity index (χ2n) is 5.61. The molecule has 0 radical (unpaired) electrons. The van der Waals surface area contributed by atoms with E-state index in [1.807, 2.05) is 23.1 Å². The van der Waals surface area contributed by atoms with E-state index in [0.717, 1.165) is 38.4 Å². The number of esters is 1. The zero-order chi connectivity index (χ0) is 15.5. The van der Waals surface area contributed by atoms with Gasteiger partial charge in [-0.15, -0.1) is 0 Å². The summed E-state index contributed by atoms with van der Waals surface area (Å²) in [5.74, 6) is 0.282. The summed E-state index contributed by atoms with van der Waals surface area (Å²) < 4.78 is 5.21. The number of rotatable bonds is 3. The van der Waals surface area contributed by atoms with E-state index in [9.17, 15) is 9.59 Å². The highest BCUT2D eigenvalue weighted by Crippen LogP contribution is 2.31. The maximum absolute atomic E-state index is 12.5. The number of hydrogen-bond donors (Lipinski definition) is 0. The van der Waals surface area contributed by atoms with Crippen molar-refractivity contribution in [1.82, 2.24) is 9.80 Å². The van der Waals surface area contributed by atoms with Crippen molar-refractivity contribution < 1.29 is 14.3 Å². The highest BCUT2D eigenvalue weighted by Gasteiger charge is 2.28. The lowest BCUT2D eigenvalue weighted by Crippen LogP contribution is -2.52. The molecule has 0 spiro atoms. The zero-order valence-corrected chi connectivity index (χ0v) is 12.8. The Hall–Kier alpha value is -2.08. The number of amides is 1. The summed E-state index contributed by atoms with van der Waals surface area (Å²) >= 11 is 0. The summed E-state index contributed by atoms with van der Waals surface area (Å²) in [6, 6.07) is 7.34. The van der Waals surface area contributed by atoms with Crippen molar-refractivity contribution in [2.45, 2.75) is 6.92 Å². The smallest absolute Gasteiger partial charge is 0.331 e. The van der Waals surface area contributed by atoms with E-state index in [0.29, 0.717) is 5.75 Å². The van der Waals surface area contributed by atoms with E-state index in [1.165, 1.54) is 0 Å². The first-order valence-electron chi connectivity index (χ1n) is 7.72. The van der Waals surface area contributed by atoms with E-state index in [2.05, 4.69) is 11.8 Å². The number of carbonyl (C=O) groups is 2. The molecule has 0 saturated carbocycles. The van der Waals surface area contributed by atoms with E-state index in [1.54, 1.807) is 11.0 Å². The fourth-order valence-corrected chi connectivity index (χ4v) is 2.92. The molecule has 6 nitrogen and oxygen atoms in total. The minimum absolute atomic E-state index is 0.0697. The molecule has 1 aromatic carbocycles. The van der Waals surface area contributed by atoms with Crippen LogP contribution in [0, 0.1) is 0 Å². The summed E-state index contributed by atoms with van der Waals surface area (Å²) in [7, 11) is 0. The van der Waals surface area contributed by atoms with Gasteiger partial charge in [-0.1, -0.05) is 19.1 Å². The zero-order valence-electron chi connectivity index (χ0n) is 12.8. The van der Waals surface area contributed by atoms with Gasteiger partial charge in [0.15, 0.2) is 5.75 Å². The molecule has 1 saturated heterocycles. The lowest BCUT2D eigenvalue weighted by Gasteiger charge is -2.36. The van der Waals surface area contributed by atoms with Crippen LogP contribution in [0.25, 0.3) is 0 Å². The second-order valence-corrected chi connectivity index (χ2v) is 5.61. The van der Waals surface area contributed by atoms with Gasteiger partial charge in [-0.05, 0) is 18.7 Å². The van der Waals surface area contributed by atoms with Crippen molar-refractivity contribution in [2.24, 2.45) is 0 Å². The number of ether oxygens (including phenoxy) is 1. The van der Waals surface area contributed by atoms with Crippen molar-refractivity contribution in [2.75, 3.05) is 50.7 Å². The predicted octanol–water partition coefficient (Wildman–Crippen LogP) is 0.576. The molecule has 0 bridgehead atoms. The van der Waals surface area contributed by atoms with Crippen LogP contribution in [0.15, 0.2) is 24.3 Å². The van der Waals surface area contributed by atoms with E-state index in [-0.39, 0.29) is 25.0 Å². The minimum Gasteiger partial charge on any atom is -0.423 e. The van der Waals surface area contributed by atoms with Crippen LogP contribution in [0.1, 0.15) is 6.92 Å². The average Bonchev–Trinajstić information content (AvgIpc) is 2.54. The molecule has 118 valence electrons. The first-order valence-corrected chi connectivity index (χ1v) is 7.72. The van der Waals surface area contributed by atoms with Crippen LogP contribution in [-0.2, 0) is 9.59 Å². The van der Waals surface area contributed by atoms with Crippen molar-refractivity contribution >= 4 is 17.6 Å². The van der Waals surface area contributed by atoms with Gasteiger partial charge in [0.2, 0.25) is 5.91 Å². The standard InChI is InChI=1S/C16H21N3O3/c1-2-17-7-9-18(10-8-17)15(20)11-19-12-16(21)22-14-6-4-3-5-13(14)19/h3-6H,2,7-12H2,1H3. The number of nitrogens with zero attached hydrogens (tertiary/aromatic N) is 3. The van der Waals surface area contributed by atoms with Crippen LogP contribution >= 0.6 is 0 Å². The predicted molar refractivity (Wildman–Crippen MR) is 83.0 cm³/mol. The third-order valence-electron chi connectivity index (χ3n) is 4.25. The van der Waals surface area contributed by atoms with Gasteiger partial charge in [-0.2, -0.15) is 0 Å². The van der Waals surface area contributed by atoms with E-state index < -0.39 is 0 Å². The number of fused-ring (bicyclic) bond motifs is 1. The van der Waals surface area contributed by atoms with Crippen molar-refractivity contribution in [3.05, 3.63) is 24.3 Å². The molecular formula is C16H21N3O3. The van der Waals surface area contributed by atoms with Gasteiger partial charge in [-0.25, -0.2) is 4.79 Å². The molecule has 0 atom stereocenters. The number of anilines is 1. The number of likely N-dealkylation sites (N-methyl/N-ethyl adjacent to an activating group) is 1. The Morgan fingerprint density at radius 2 is 1.91 bits per heavy atom. The van der Waals surface area contributed by atoms with Crippen LogP contribution in [0.2, 0.25) is 0 Å². The van der Waals surface area contributed by atoms with Crippen LogP contribution in [0.5, 0.6) is 5.75 Å². The summed E-state index contributed by atoms with van der Waals surface area (Å²) in [4.78, 5) is 30.2. The number of para-hydroxylation sites is 2. The van der Waals surface area contributed by atoms with Gasteiger partial charge in [0.25, 0.3) is 0 Å². The third kappa shape index (κ3) is 3.06. The summed E-state index contributed by atoms with van der Waals surface area (Å²) in [5, 5.41) is 0. The molecule has 2 aliphatic rings. The molecular weight excluding hydrogens is 282 g/mol. The maximum atomic E-state index is 12.5. The van der Waals surface area contributed by atoms with Crippen molar-refractivity contribution in [3.63, 3.8) is 0 Å². The van der Waals surface area contributed by atoms with E-state index >= 15 is 0 Å². The van der Waals surface area contributed by atoms with Gasteiger partial charge in [0.1, 0.15) is 6.54 Å². The first kappa shape index (κ1) is 14.8. The van der Waals surface area contributed by atoms with Gasteiger partial charge < -0.3 is 19.4 Å². The minimum atomic E-state index is -0.317. The fourth-order valence-electron chi connectivity index (χ4n) is 2.92. The summed E-state index contributed by atoms with van der Waals surface area (Å²) in [5.41, 5.74) is 0.808. The van der Waals surface area contributed by atoms with Crippen LogP contribution in [-0.4, -0.2) is 67.5 Å². The van der Waals surface area contributed by atoms with Crippen molar-refractivity contribution in [3.8, 4) is 5.75 Å². The SMILES string of the molecule is CCN1CCN(C(=O)CN2CC(=O)Oc3ccccc32)CC1. The Labute approximate surface area is 130 Å². The molecule has 22 heavy (non-hydrogen) atoms. The molecule has 2 heterocycles. The Morgan fingerprint density at radius 1 is 1.18 bits per heavy atom. The Kier molecular flexibility index (Phi) is 4.29. The number of hydrogen-bond acceptors (Lipinski definition) is 5. The first-order chi connectivity index (χ1) is 10.7. The molecule has 6 heteroatoms. The molecule has 2 aliphatic heterocycles. The molecule has 1 aromatic rings. The van der Waals surface area contributed by atoms with Gasteiger partial charge in [-0.3, -0.25) is 4.79 Å². The Balaban J connectivity index is 1.66. The highest BCUT2D eigenvalue weighted by molar-refractivity contribution is 5.89. The van der Waals surface area contributed by atoms with Gasteiger partial charge >= 0.3 is 5.97 Å². The molecule has 1 amide bonds. The molecule has 0 unspecified atom stereocenters. The third-order valence-corrected chi connectivity index (χ3v) is 4.25. The summed E-state index contributed by atoms with van der Waals surface area (Å²) in [6.07, 6.45) is 0. The van der Waals surface area contributed by atoms with Crippen LogP contribution in [0.3, 0.4) is 0 Å². The molecule has 0 aromatic heterocycles. The Morgan fingerprint density at radius 3 is 2.64 bits per heavy atom. The highest BCUT2D eigenvalue weighted by atomic mass is 16.5. The second kappa shape index (κ2) is 6.36. The van der Waals surface area contributed by atoms with Crippen molar-refractivity contribution in [1.29, 1.82) is 0 Å². The average molecular weight is 303 g/mol. The monoisotopic (exact) mass is 303 g/mol. The quantitative estimate of drug-likeness (QED) is 0.604. The lowest BCUT2D eigenvalue weighted by atomic mass is 10.2. The van der Waals surface area contributed by atoms with E-state index in [4.69, 9.17) is 4.74 Å². The lowest BCUT2D eigenvalue weighted by molar-refractivity contribution is -0.134. The molecule has 0 aliphatic carbocycles. The molecule has 1 fully saturated rings. The maximum Gasteiger partial charge on any atom is 0.331 e. The van der Waals surface area contributed by atoms with Crippen LogP contribution in [0.4, 0.5) is 5.69 Å². The van der Waals surface area contributed by atoms with Gasteiger partial charge in [0, 0.05) is 26.2 Å².